The number of nitrogens with one attached hydrogen (secondary N) is 1. The van der Waals surface area contributed by atoms with Crippen molar-refractivity contribution in [2.24, 2.45) is 0 Å². The molecule has 1 rings (SSSR count). The number of methoxy groups -OCH3 is 1. The van der Waals surface area contributed by atoms with Gasteiger partial charge in [0.05, 0.1) is 13.4 Å². The lowest BCUT2D eigenvalue weighted by molar-refractivity contribution is 0.414. The van der Waals surface area contributed by atoms with E-state index in [2.05, 4.69) is 4.72 Å². The average molecular weight is 261 g/mol. The van der Waals surface area contributed by atoms with Crippen LogP contribution in [-0.4, -0.2) is 34.1 Å². The van der Waals surface area contributed by atoms with Crippen LogP contribution in [0.4, 0.5) is 0 Å². The molecule has 0 fully saturated rings. The van der Waals surface area contributed by atoms with Crippen molar-refractivity contribution in [1.29, 1.82) is 0 Å². The van der Waals surface area contributed by atoms with Gasteiger partial charge in [0.1, 0.15) is 5.75 Å². The molecule has 0 heterocycles. The largest absolute Gasteiger partial charge is 0.497 e. The molecule has 0 atom stereocenters. The molecule has 1 N–H and O–H groups in total. The third kappa shape index (κ3) is 5.39. The fraction of sp³-hybridized carbons (Fsp3) is 0.400. The summed E-state index contributed by atoms with van der Waals surface area (Å²) in [5.41, 5.74) is 0. The van der Waals surface area contributed by atoms with Crippen LogP contribution in [0.2, 0.25) is 0 Å². The lowest BCUT2D eigenvalue weighted by Gasteiger charge is -2.04. The van der Waals surface area contributed by atoms with Gasteiger partial charge < -0.3 is 4.74 Å². The average Bonchev–Trinajstić information content (AvgIpc) is 2.24. The summed E-state index contributed by atoms with van der Waals surface area (Å²) in [5.74, 6) is 1.53. The standard InChI is InChI=1S/C10H15NO3S2/c1-14-9-3-5-10(6-4-9)15-8-7-11-16(2,12)13/h3-6,11H,7-8H2,1-2H3. The molecule has 0 saturated heterocycles. The van der Waals surface area contributed by atoms with Gasteiger partial charge in [0.25, 0.3) is 0 Å². The zero-order valence-corrected chi connectivity index (χ0v) is 10.9. The molecule has 0 aromatic heterocycles. The molecular weight excluding hydrogens is 246 g/mol. The van der Waals surface area contributed by atoms with E-state index in [4.69, 9.17) is 4.74 Å². The van der Waals surface area contributed by atoms with Gasteiger partial charge in [-0.1, -0.05) is 0 Å². The number of benzene rings is 1. The Morgan fingerprint density at radius 2 is 1.94 bits per heavy atom. The maximum absolute atomic E-state index is 10.8. The highest BCUT2D eigenvalue weighted by atomic mass is 32.2. The lowest BCUT2D eigenvalue weighted by atomic mass is 10.3. The fourth-order valence-electron chi connectivity index (χ4n) is 1.07. The Morgan fingerprint density at radius 3 is 2.44 bits per heavy atom. The molecule has 0 radical (unpaired) electrons. The van der Waals surface area contributed by atoms with Gasteiger partial charge in [0.2, 0.25) is 10.0 Å². The molecule has 90 valence electrons. The predicted molar refractivity (Wildman–Crippen MR) is 66.6 cm³/mol. The molecule has 0 aliphatic heterocycles. The number of ether oxygens (including phenoxy) is 1. The van der Waals surface area contributed by atoms with Crippen molar-refractivity contribution in [2.75, 3.05) is 25.7 Å². The molecule has 16 heavy (non-hydrogen) atoms. The van der Waals surface area contributed by atoms with E-state index in [1.54, 1.807) is 18.9 Å². The van der Waals surface area contributed by atoms with Crippen LogP contribution in [0.3, 0.4) is 0 Å². The smallest absolute Gasteiger partial charge is 0.208 e. The lowest BCUT2D eigenvalue weighted by Crippen LogP contribution is -2.24. The number of hydrogen-bond donors (Lipinski definition) is 1. The van der Waals surface area contributed by atoms with Crippen LogP contribution in [0.5, 0.6) is 5.75 Å². The van der Waals surface area contributed by atoms with Crippen molar-refractivity contribution < 1.29 is 13.2 Å². The second kappa shape index (κ2) is 6.12. The molecule has 0 aliphatic rings. The quantitative estimate of drug-likeness (QED) is 0.620. The van der Waals surface area contributed by atoms with Crippen molar-refractivity contribution in [3.8, 4) is 5.75 Å². The molecule has 6 heteroatoms. The Kier molecular flexibility index (Phi) is 5.11. The molecule has 0 amide bonds. The molecule has 4 nitrogen and oxygen atoms in total. The number of sulfonamides is 1. The van der Waals surface area contributed by atoms with Crippen molar-refractivity contribution in [1.82, 2.24) is 4.72 Å². The summed E-state index contributed by atoms with van der Waals surface area (Å²) in [4.78, 5) is 1.09. The highest BCUT2D eigenvalue weighted by Crippen LogP contribution is 2.20. The summed E-state index contributed by atoms with van der Waals surface area (Å²) in [6.45, 7) is 0.440. The normalized spacial score (nSPS) is 11.4. The van der Waals surface area contributed by atoms with Crippen LogP contribution in [0.15, 0.2) is 29.2 Å². The van der Waals surface area contributed by atoms with Crippen LogP contribution in [-0.2, 0) is 10.0 Å². The van der Waals surface area contributed by atoms with Gasteiger partial charge in [-0.25, -0.2) is 13.1 Å². The second-order valence-corrected chi connectivity index (χ2v) is 6.19. The van der Waals surface area contributed by atoms with Gasteiger partial charge >= 0.3 is 0 Å². The van der Waals surface area contributed by atoms with Gasteiger partial charge in [0.15, 0.2) is 0 Å². The summed E-state index contributed by atoms with van der Waals surface area (Å²) in [7, 11) is -1.45. The van der Waals surface area contributed by atoms with Crippen molar-refractivity contribution in [2.45, 2.75) is 4.90 Å². The van der Waals surface area contributed by atoms with Gasteiger partial charge in [-0.15, -0.1) is 11.8 Å². The van der Waals surface area contributed by atoms with Crippen molar-refractivity contribution >= 4 is 21.8 Å². The topological polar surface area (TPSA) is 55.4 Å². The molecule has 0 spiro atoms. The maximum Gasteiger partial charge on any atom is 0.208 e. The minimum Gasteiger partial charge on any atom is -0.497 e. The Bertz CT molecular complexity index is 414. The molecule has 1 aromatic carbocycles. The first kappa shape index (κ1) is 13.3. The first-order valence-electron chi connectivity index (χ1n) is 4.73. The van der Waals surface area contributed by atoms with Crippen LogP contribution in [0, 0.1) is 0 Å². The van der Waals surface area contributed by atoms with E-state index in [0.717, 1.165) is 16.9 Å². The van der Waals surface area contributed by atoms with Crippen molar-refractivity contribution in [3.05, 3.63) is 24.3 Å². The highest BCUT2D eigenvalue weighted by Gasteiger charge is 2.00. The minimum absolute atomic E-state index is 0.440. The van der Waals surface area contributed by atoms with E-state index < -0.39 is 10.0 Å². The SMILES string of the molecule is COc1ccc(SCCNS(C)(=O)=O)cc1. The van der Waals surface area contributed by atoms with Crippen LogP contribution >= 0.6 is 11.8 Å². The summed E-state index contributed by atoms with van der Waals surface area (Å²) in [6.07, 6.45) is 1.16. The predicted octanol–water partition coefficient (Wildman–Crippen LogP) is 1.34. The third-order valence-electron chi connectivity index (χ3n) is 1.79. The molecule has 0 bridgehead atoms. The van der Waals surface area contributed by atoms with Crippen molar-refractivity contribution in [3.63, 3.8) is 0 Å². The van der Waals surface area contributed by atoms with E-state index in [1.165, 1.54) is 0 Å². The van der Waals surface area contributed by atoms with Gasteiger partial charge in [0, 0.05) is 17.2 Å². The second-order valence-electron chi connectivity index (χ2n) is 3.19. The Morgan fingerprint density at radius 1 is 1.31 bits per heavy atom. The molecule has 1 aromatic rings. The number of hydrogen-bond acceptors (Lipinski definition) is 4. The monoisotopic (exact) mass is 261 g/mol. The summed E-state index contributed by atoms with van der Waals surface area (Å²) in [5, 5.41) is 0. The third-order valence-corrected chi connectivity index (χ3v) is 3.54. The molecule has 0 saturated carbocycles. The van der Waals surface area contributed by atoms with Gasteiger partial charge in [-0.2, -0.15) is 0 Å². The fourth-order valence-corrected chi connectivity index (χ4v) is 2.44. The Hall–Kier alpha value is -0.720. The van der Waals surface area contributed by atoms with E-state index >= 15 is 0 Å². The minimum atomic E-state index is -3.07. The Labute approximate surface area is 100 Å². The van der Waals surface area contributed by atoms with Crippen LogP contribution in [0.25, 0.3) is 0 Å². The van der Waals surface area contributed by atoms with Gasteiger partial charge in [-0.3, -0.25) is 0 Å². The molecular formula is C10H15NO3S2. The van der Waals surface area contributed by atoms with E-state index in [0.29, 0.717) is 12.3 Å². The van der Waals surface area contributed by atoms with E-state index in [9.17, 15) is 8.42 Å². The summed E-state index contributed by atoms with van der Waals surface area (Å²) in [6, 6.07) is 7.66. The summed E-state index contributed by atoms with van der Waals surface area (Å²) >= 11 is 1.60. The van der Waals surface area contributed by atoms with E-state index in [-0.39, 0.29) is 0 Å². The zero-order chi connectivity index (χ0) is 12.0. The number of rotatable bonds is 6. The molecule has 0 aliphatic carbocycles. The first-order valence-corrected chi connectivity index (χ1v) is 7.60. The zero-order valence-electron chi connectivity index (χ0n) is 9.26. The summed E-state index contributed by atoms with van der Waals surface area (Å²) < 4.78 is 29.1. The maximum atomic E-state index is 10.8. The van der Waals surface area contributed by atoms with Gasteiger partial charge in [-0.05, 0) is 24.3 Å². The first-order chi connectivity index (χ1) is 7.51. The Balaban J connectivity index is 2.32. The number of thioether (sulfide) groups is 1. The molecule has 0 unspecified atom stereocenters. The van der Waals surface area contributed by atoms with Crippen LogP contribution in [0.1, 0.15) is 0 Å². The highest BCUT2D eigenvalue weighted by molar-refractivity contribution is 7.99. The van der Waals surface area contributed by atoms with Crippen LogP contribution < -0.4 is 9.46 Å². The van der Waals surface area contributed by atoms with E-state index in [1.807, 2.05) is 24.3 Å².